The van der Waals surface area contributed by atoms with E-state index in [2.05, 4.69) is 40.1 Å². The zero-order chi connectivity index (χ0) is 17.4. The molecule has 1 aliphatic rings. The van der Waals surface area contributed by atoms with Crippen LogP contribution in [0, 0.1) is 5.92 Å². The van der Waals surface area contributed by atoms with Crippen molar-refractivity contribution in [2.24, 2.45) is 10.9 Å². The van der Waals surface area contributed by atoms with E-state index in [-0.39, 0.29) is 6.10 Å². The highest BCUT2D eigenvalue weighted by molar-refractivity contribution is 9.10. The summed E-state index contributed by atoms with van der Waals surface area (Å²) in [6, 6.07) is 7.89. The van der Waals surface area contributed by atoms with E-state index in [1.165, 1.54) is 0 Å². The lowest BCUT2D eigenvalue weighted by atomic mass is 10.1. The average molecular weight is 398 g/mol. The summed E-state index contributed by atoms with van der Waals surface area (Å²) < 4.78 is 12.4. The summed E-state index contributed by atoms with van der Waals surface area (Å²) in [5.41, 5.74) is 0. The maximum Gasteiger partial charge on any atom is 0.193 e. The first-order chi connectivity index (χ1) is 11.6. The molecule has 1 aromatic rings. The van der Waals surface area contributed by atoms with Gasteiger partial charge in [0.25, 0.3) is 0 Å². The van der Waals surface area contributed by atoms with Crippen LogP contribution in [0.4, 0.5) is 0 Å². The van der Waals surface area contributed by atoms with Gasteiger partial charge in [0, 0.05) is 32.7 Å². The molecule has 6 heteroatoms. The van der Waals surface area contributed by atoms with Crippen molar-refractivity contribution < 1.29 is 9.47 Å². The average Bonchev–Trinajstić information content (AvgIpc) is 3.06. The van der Waals surface area contributed by atoms with Crippen molar-refractivity contribution in [3.05, 3.63) is 28.7 Å². The van der Waals surface area contributed by atoms with Gasteiger partial charge in [-0.1, -0.05) is 12.1 Å². The molecule has 0 radical (unpaired) electrons. The number of para-hydroxylation sites is 1. The molecule has 2 rings (SSSR count). The van der Waals surface area contributed by atoms with Crippen molar-refractivity contribution in [1.82, 2.24) is 10.2 Å². The Hall–Kier alpha value is -1.27. The van der Waals surface area contributed by atoms with Crippen molar-refractivity contribution in [3.8, 4) is 5.75 Å². The van der Waals surface area contributed by atoms with Crippen LogP contribution in [-0.2, 0) is 4.74 Å². The van der Waals surface area contributed by atoms with E-state index in [4.69, 9.17) is 14.5 Å². The fraction of sp³-hybridized carbons (Fsp3) is 0.611. The van der Waals surface area contributed by atoms with Crippen LogP contribution in [0.5, 0.6) is 5.75 Å². The molecular formula is C18H28BrN3O2. The van der Waals surface area contributed by atoms with Gasteiger partial charge in [-0.25, -0.2) is 4.99 Å². The molecule has 2 unspecified atom stereocenters. The number of rotatable bonds is 7. The topological polar surface area (TPSA) is 46.1 Å². The van der Waals surface area contributed by atoms with E-state index in [9.17, 15) is 0 Å². The maximum absolute atomic E-state index is 5.97. The summed E-state index contributed by atoms with van der Waals surface area (Å²) in [4.78, 5) is 6.92. The first-order valence-electron chi connectivity index (χ1n) is 8.58. The maximum atomic E-state index is 5.97. The minimum atomic E-state index is 0.000528. The Morgan fingerprint density at radius 3 is 2.96 bits per heavy atom. The summed E-state index contributed by atoms with van der Waals surface area (Å²) in [7, 11) is 2.08. The van der Waals surface area contributed by atoms with Crippen LogP contribution in [0.2, 0.25) is 0 Å². The Bertz CT molecular complexity index is 533. The second kappa shape index (κ2) is 9.89. The monoisotopic (exact) mass is 397 g/mol. The Morgan fingerprint density at radius 2 is 2.29 bits per heavy atom. The number of ether oxygens (including phenoxy) is 2. The number of benzene rings is 1. The zero-order valence-corrected chi connectivity index (χ0v) is 16.4. The van der Waals surface area contributed by atoms with Gasteiger partial charge in [0.1, 0.15) is 11.9 Å². The van der Waals surface area contributed by atoms with E-state index < -0.39 is 0 Å². The Morgan fingerprint density at radius 1 is 1.50 bits per heavy atom. The highest BCUT2D eigenvalue weighted by Crippen LogP contribution is 2.24. The fourth-order valence-corrected chi connectivity index (χ4v) is 3.06. The van der Waals surface area contributed by atoms with E-state index in [0.29, 0.717) is 12.5 Å². The molecule has 1 N–H and O–H groups in total. The molecule has 0 bridgehead atoms. The van der Waals surface area contributed by atoms with Crippen molar-refractivity contribution in [3.63, 3.8) is 0 Å². The van der Waals surface area contributed by atoms with Crippen LogP contribution in [-0.4, -0.2) is 56.9 Å². The summed E-state index contributed by atoms with van der Waals surface area (Å²) in [6.45, 7) is 8.28. The molecular weight excluding hydrogens is 370 g/mol. The van der Waals surface area contributed by atoms with E-state index >= 15 is 0 Å². The Balaban J connectivity index is 1.90. The van der Waals surface area contributed by atoms with Gasteiger partial charge in [-0.15, -0.1) is 0 Å². The summed E-state index contributed by atoms with van der Waals surface area (Å²) >= 11 is 3.51. The zero-order valence-electron chi connectivity index (χ0n) is 14.8. The van der Waals surface area contributed by atoms with E-state index in [1.807, 2.05) is 31.2 Å². The van der Waals surface area contributed by atoms with Crippen LogP contribution in [0.25, 0.3) is 0 Å². The third-order valence-electron chi connectivity index (χ3n) is 3.92. The van der Waals surface area contributed by atoms with Crippen LogP contribution >= 0.6 is 15.9 Å². The number of nitrogens with zero attached hydrogens (tertiary/aromatic N) is 2. The van der Waals surface area contributed by atoms with Gasteiger partial charge in [0.05, 0.1) is 17.6 Å². The lowest BCUT2D eigenvalue weighted by molar-refractivity contribution is 0.181. The molecule has 24 heavy (non-hydrogen) atoms. The Labute approximate surface area is 153 Å². The summed E-state index contributed by atoms with van der Waals surface area (Å²) in [6.07, 6.45) is 1.13. The van der Waals surface area contributed by atoms with Crippen molar-refractivity contribution >= 4 is 21.9 Å². The predicted molar refractivity (Wildman–Crippen MR) is 102 cm³/mol. The number of hydrogen-bond acceptors (Lipinski definition) is 3. The van der Waals surface area contributed by atoms with Crippen LogP contribution in [0.3, 0.4) is 0 Å². The SMILES string of the molecule is CCNC(=NCC(C)Oc1ccccc1Br)N(C)CC1CCOC1. The minimum Gasteiger partial charge on any atom is -0.488 e. The third-order valence-corrected chi connectivity index (χ3v) is 4.57. The number of guanidine groups is 1. The van der Waals surface area contributed by atoms with Gasteiger partial charge in [0.15, 0.2) is 5.96 Å². The second-order valence-electron chi connectivity index (χ2n) is 6.16. The molecule has 0 amide bonds. The molecule has 2 atom stereocenters. The quantitative estimate of drug-likeness (QED) is 0.566. The molecule has 0 spiro atoms. The number of hydrogen-bond donors (Lipinski definition) is 1. The summed E-state index contributed by atoms with van der Waals surface area (Å²) in [5.74, 6) is 2.36. The van der Waals surface area contributed by atoms with Crippen LogP contribution in [0.1, 0.15) is 20.3 Å². The first-order valence-corrected chi connectivity index (χ1v) is 9.37. The van der Waals surface area contributed by atoms with Crippen molar-refractivity contribution in [2.75, 3.05) is 39.9 Å². The van der Waals surface area contributed by atoms with Crippen molar-refractivity contribution in [2.45, 2.75) is 26.4 Å². The molecule has 0 aromatic heterocycles. The lowest BCUT2D eigenvalue weighted by Gasteiger charge is -2.25. The molecule has 1 heterocycles. The largest absolute Gasteiger partial charge is 0.488 e. The van der Waals surface area contributed by atoms with Gasteiger partial charge in [0.2, 0.25) is 0 Å². The molecule has 1 aromatic carbocycles. The summed E-state index contributed by atoms with van der Waals surface area (Å²) in [5, 5.41) is 3.36. The van der Waals surface area contributed by atoms with Gasteiger partial charge >= 0.3 is 0 Å². The third kappa shape index (κ3) is 5.98. The number of nitrogens with one attached hydrogen (secondary N) is 1. The second-order valence-corrected chi connectivity index (χ2v) is 7.02. The van der Waals surface area contributed by atoms with Crippen molar-refractivity contribution in [1.29, 1.82) is 0 Å². The molecule has 0 aliphatic carbocycles. The predicted octanol–water partition coefficient (Wildman–Crippen LogP) is 3.15. The highest BCUT2D eigenvalue weighted by atomic mass is 79.9. The Kier molecular flexibility index (Phi) is 7.85. The fourth-order valence-electron chi connectivity index (χ4n) is 2.68. The van der Waals surface area contributed by atoms with Gasteiger partial charge in [-0.2, -0.15) is 0 Å². The first kappa shape index (κ1) is 19.1. The highest BCUT2D eigenvalue weighted by Gasteiger charge is 2.19. The van der Waals surface area contributed by atoms with Crippen LogP contribution in [0.15, 0.2) is 33.7 Å². The van der Waals surface area contributed by atoms with Crippen LogP contribution < -0.4 is 10.1 Å². The molecule has 1 fully saturated rings. The van der Waals surface area contributed by atoms with Gasteiger partial charge in [-0.05, 0) is 48.3 Å². The number of halogens is 1. The van der Waals surface area contributed by atoms with E-state index in [0.717, 1.165) is 48.9 Å². The minimum absolute atomic E-state index is 0.000528. The van der Waals surface area contributed by atoms with E-state index in [1.54, 1.807) is 0 Å². The number of aliphatic imine (C=N–C) groups is 1. The molecule has 1 saturated heterocycles. The molecule has 5 nitrogen and oxygen atoms in total. The smallest absolute Gasteiger partial charge is 0.193 e. The molecule has 134 valence electrons. The van der Waals surface area contributed by atoms with Gasteiger partial charge in [-0.3, -0.25) is 0 Å². The molecule has 1 aliphatic heterocycles. The lowest BCUT2D eigenvalue weighted by Crippen LogP contribution is -2.42. The van der Waals surface area contributed by atoms with Gasteiger partial charge < -0.3 is 19.7 Å². The molecule has 0 saturated carbocycles. The standard InChI is InChI=1S/C18H28BrN3O2/c1-4-20-18(22(3)12-15-9-10-23-13-15)21-11-14(2)24-17-8-6-5-7-16(17)19/h5-8,14-15H,4,9-13H2,1-3H3,(H,20,21). The normalized spacial score (nSPS) is 19.2.